The van der Waals surface area contributed by atoms with Crippen molar-refractivity contribution in [2.75, 3.05) is 0 Å². The molecular formula is C14H18BrFO3. The van der Waals surface area contributed by atoms with Crippen LogP contribution in [0.15, 0.2) is 22.7 Å². The summed E-state index contributed by atoms with van der Waals surface area (Å²) in [5, 5.41) is 0. The Kier molecular flexibility index (Phi) is 4.61. The van der Waals surface area contributed by atoms with Gasteiger partial charge in [-0.1, -0.05) is 15.9 Å². The van der Waals surface area contributed by atoms with Crippen molar-refractivity contribution in [3.8, 4) is 5.75 Å². The van der Waals surface area contributed by atoms with E-state index in [9.17, 15) is 9.18 Å². The van der Waals surface area contributed by atoms with E-state index in [2.05, 4.69) is 15.9 Å². The summed E-state index contributed by atoms with van der Waals surface area (Å²) in [5.74, 6) is -0.674. The first kappa shape index (κ1) is 16.0. The van der Waals surface area contributed by atoms with Crippen LogP contribution in [0.5, 0.6) is 5.75 Å². The molecule has 19 heavy (non-hydrogen) atoms. The van der Waals surface area contributed by atoms with Gasteiger partial charge in [-0.25, -0.2) is 9.18 Å². The fourth-order valence-corrected chi connectivity index (χ4v) is 1.77. The Labute approximate surface area is 121 Å². The molecule has 0 amide bonds. The van der Waals surface area contributed by atoms with Crippen molar-refractivity contribution in [3.05, 3.63) is 28.5 Å². The lowest BCUT2D eigenvalue weighted by Crippen LogP contribution is -2.43. The largest absolute Gasteiger partial charge is 0.476 e. The molecule has 0 saturated carbocycles. The van der Waals surface area contributed by atoms with Crippen LogP contribution in [-0.4, -0.2) is 17.2 Å². The van der Waals surface area contributed by atoms with Crippen molar-refractivity contribution in [3.63, 3.8) is 0 Å². The summed E-state index contributed by atoms with van der Waals surface area (Å²) in [4.78, 5) is 12.0. The first-order valence-corrected chi connectivity index (χ1v) is 6.67. The maximum absolute atomic E-state index is 13.2. The van der Waals surface area contributed by atoms with Gasteiger partial charge in [0, 0.05) is 10.5 Å². The van der Waals surface area contributed by atoms with Gasteiger partial charge < -0.3 is 9.47 Å². The lowest BCUT2D eigenvalue weighted by Gasteiger charge is -2.29. The van der Waals surface area contributed by atoms with Crippen molar-refractivity contribution in [2.24, 2.45) is 0 Å². The van der Waals surface area contributed by atoms with Crippen molar-refractivity contribution >= 4 is 21.9 Å². The Hall–Kier alpha value is -1.10. The number of carbonyl (C=O) groups is 1. The van der Waals surface area contributed by atoms with Gasteiger partial charge >= 0.3 is 5.97 Å². The smallest absolute Gasteiger partial charge is 0.350 e. The summed E-state index contributed by atoms with van der Waals surface area (Å²) >= 11 is 3.17. The second-order valence-corrected chi connectivity index (χ2v) is 6.64. The first-order valence-electron chi connectivity index (χ1n) is 5.88. The molecule has 0 atom stereocenters. The number of halogens is 2. The molecular weight excluding hydrogens is 315 g/mol. The standard InChI is InChI=1S/C14H18BrFO3/c1-13(2,3)19-12(17)14(4,5)18-11-7-9(15)6-10(16)8-11/h6-8H,1-5H3. The predicted octanol–water partition coefficient (Wildman–Crippen LogP) is 4.09. The van der Waals surface area contributed by atoms with Gasteiger partial charge in [-0.2, -0.15) is 0 Å². The van der Waals surface area contributed by atoms with Crippen molar-refractivity contribution < 1.29 is 18.7 Å². The third-order valence-corrected chi connectivity index (χ3v) is 2.56. The van der Waals surface area contributed by atoms with E-state index in [1.54, 1.807) is 40.7 Å². The molecule has 0 saturated heterocycles. The number of esters is 1. The maximum atomic E-state index is 13.2. The van der Waals surface area contributed by atoms with Crippen LogP contribution >= 0.6 is 15.9 Å². The number of hydrogen-bond donors (Lipinski definition) is 0. The van der Waals surface area contributed by atoms with Crippen LogP contribution in [0.25, 0.3) is 0 Å². The third kappa shape index (κ3) is 5.19. The van der Waals surface area contributed by atoms with E-state index < -0.39 is 23.0 Å². The third-order valence-electron chi connectivity index (χ3n) is 2.10. The lowest BCUT2D eigenvalue weighted by atomic mass is 10.1. The minimum absolute atomic E-state index is 0.266. The number of ether oxygens (including phenoxy) is 2. The van der Waals surface area contributed by atoms with E-state index >= 15 is 0 Å². The molecule has 0 heterocycles. The van der Waals surface area contributed by atoms with Crippen LogP contribution in [0, 0.1) is 5.82 Å². The number of benzene rings is 1. The molecule has 1 rings (SSSR count). The summed E-state index contributed by atoms with van der Waals surface area (Å²) in [6.07, 6.45) is 0. The van der Waals surface area contributed by atoms with Crippen LogP contribution in [0.4, 0.5) is 4.39 Å². The second kappa shape index (κ2) is 5.49. The van der Waals surface area contributed by atoms with Crippen LogP contribution in [0.2, 0.25) is 0 Å². The second-order valence-electron chi connectivity index (χ2n) is 5.72. The van der Waals surface area contributed by atoms with Crippen LogP contribution in [0.1, 0.15) is 34.6 Å². The summed E-state index contributed by atoms with van der Waals surface area (Å²) in [7, 11) is 0. The molecule has 5 heteroatoms. The van der Waals surface area contributed by atoms with Gasteiger partial charge in [0.15, 0.2) is 5.60 Å². The Balaban J connectivity index is 2.86. The fraction of sp³-hybridized carbons (Fsp3) is 0.500. The minimum Gasteiger partial charge on any atom is -0.476 e. The average molecular weight is 333 g/mol. The fourth-order valence-electron chi connectivity index (χ4n) is 1.32. The SMILES string of the molecule is CC(C)(C)OC(=O)C(C)(C)Oc1cc(F)cc(Br)c1. The zero-order chi connectivity index (χ0) is 14.8. The van der Waals surface area contributed by atoms with E-state index in [0.717, 1.165) is 0 Å². The highest BCUT2D eigenvalue weighted by molar-refractivity contribution is 9.10. The van der Waals surface area contributed by atoms with Crippen molar-refractivity contribution in [2.45, 2.75) is 45.8 Å². The highest BCUT2D eigenvalue weighted by atomic mass is 79.9. The molecule has 0 bridgehead atoms. The molecule has 0 aliphatic rings. The van der Waals surface area contributed by atoms with Crippen LogP contribution in [-0.2, 0) is 9.53 Å². The maximum Gasteiger partial charge on any atom is 0.350 e. The molecule has 106 valence electrons. The quantitative estimate of drug-likeness (QED) is 0.782. The summed E-state index contributed by atoms with van der Waals surface area (Å²) in [6.45, 7) is 8.50. The molecule has 1 aromatic rings. The zero-order valence-electron chi connectivity index (χ0n) is 11.7. The molecule has 0 aliphatic heterocycles. The van der Waals surface area contributed by atoms with Gasteiger partial charge in [-0.3, -0.25) is 0 Å². The van der Waals surface area contributed by atoms with Crippen molar-refractivity contribution in [1.29, 1.82) is 0 Å². The highest BCUT2D eigenvalue weighted by Crippen LogP contribution is 2.26. The Morgan fingerprint density at radius 2 is 1.74 bits per heavy atom. The average Bonchev–Trinajstić information content (AvgIpc) is 2.11. The van der Waals surface area contributed by atoms with E-state index in [1.807, 2.05) is 0 Å². The number of hydrogen-bond acceptors (Lipinski definition) is 3. The van der Waals surface area contributed by atoms with Crippen LogP contribution < -0.4 is 4.74 Å². The molecule has 0 aromatic heterocycles. The van der Waals surface area contributed by atoms with Gasteiger partial charge in [0.25, 0.3) is 0 Å². The number of carbonyl (C=O) groups excluding carboxylic acids is 1. The summed E-state index contributed by atoms with van der Waals surface area (Å²) in [5.41, 5.74) is -1.79. The molecule has 0 radical (unpaired) electrons. The van der Waals surface area contributed by atoms with Crippen LogP contribution in [0.3, 0.4) is 0 Å². The molecule has 0 N–H and O–H groups in total. The molecule has 0 aliphatic carbocycles. The molecule has 0 fully saturated rings. The molecule has 1 aromatic carbocycles. The minimum atomic E-state index is -1.19. The first-order chi connectivity index (χ1) is 8.49. The molecule has 0 spiro atoms. The van der Waals surface area contributed by atoms with Gasteiger partial charge in [0.05, 0.1) is 0 Å². The van der Waals surface area contributed by atoms with E-state index in [-0.39, 0.29) is 5.75 Å². The highest BCUT2D eigenvalue weighted by Gasteiger charge is 2.34. The lowest BCUT2D eigenvalue weighted by molar-refractivity contribution is -0.170. The summed E-state index contributed by atoms with van der Waals surface area (Å²) < 4.78 is 24.6. The van der Waals surface area contributed by atoms with Gasteiger partial charge in [0.2, 0.25) is 0 Å². The number of rotatable bonds is 3. The Morgan fingerprint density at radius 3 is 2.21 bits per heavy atom. The Morgan fingerprint density at radius 1 is 1.16 bits per heavy atom. The molecule has 3 nitrogen and oxygen atoms in total. The zero-order valence-corrected chi connectivity index (χ0v) is 13.3. The monoisotopic (exact) mass is 332 g/mol. The van der Waals surface area contributed by atoms with E-state index in [0.29, 0.717) is 4.47 Å². The predicted molar refractivity (Wildman–Crippen MR) is 74.7 cm³/mol. The van der Waals surface area contributed by atoms with E-state index in [1.165, 1.54) is 12.1 Å². The normalized spacial score (nSPS) is 12.2. The molecule has 0 unspecified atom stereocenters. The van der Waals surface area contributed by atoms with Gasteiger partial charge in [0.1, 0.15) is 17.2 Å². The van der Waals surface area contributed by atoms with Gasteiger partial charge in [-0.05, 0) is 46.8 Å². The van der Waals surface area contributed by atoms with E-state index in [4.69, 9.17) is 9.47 Å². The summed E-state index contributed by atoms with van der Waals surface area (Å²) in [6, 6.07) is 4.12. The topological polar surface area (TPSA) is 35.5 Å². The van der Waals surface area contributed by atoms with Gasteiger partial charge in [-0.15, -0.1) is 0 Å². The Bertz CT molecular complexity index is 458. The van der Waals surface area contributed by atoms with Crippen molar-refractivity contribution in [1.82, 2.24) is 0 Å².